The van der Waals surface area contributed by atoms with E-state index in [1.54, 1.807) is 23.5 Å². The van der Waals surface area contributed by atoms with Crippen molar-refractivity contribution in [3.63, 3.8) is 0 Å². The Balaban J connectivity index is 1.51. The Morgan fingerprint density at radius 2 is 1.68 bits per heavy atom. The minimum Gasteiger partial charge on any atom is -0.508 e. The summed E-state index contributed by atoms with van der Waals surface area (Å²) in [6, 6.07) is 18.0. The fourth-order valence-corrected chi connectivity index (χ4v) is 4.52. The molecule has 0 saturated carbocycles. The first kappa shape index (κ1) is 25.2. The summed E-state index contributed by atoms with van der Waals surface area (Å²) in [5.41, 5.74) is 8.54. The number of benzene rings is 2. The highest BCUT2D eigenvalue weighted by atomic mass is 32.1. The molecule has 7 heteroatoms. The Bertz CT molecular complexity index is 1090. The second-order valence-corrected chi connectivity index (χ2v) is 9.29. The van der Waals surface area contributed by atoms with Gasteiger partial charge in [-0.05, 0) is 59.5 Å². The number of primary amides is 1. The summed E-state index contributed by atoms with van der Waals surface area (Å²) in [4.78, 5) is 38.5. The van der Waals surface area contributed by atoms with E-state index in [-0.39, 0.29) is 30.3 Å². The molecule has 2 amide bonds. The molecular weight excluding hydrogens is 448 g/mol. The SMILES string of the molecule is CC[C@H](NC(=O)CCc1ccc(-c2cccs2)cc1)C(=O)C[C@@H](Cc1ccc(O)cc1)C(N)=O. The third-order valence-electron chi connectivity index (χ3n) is 5.80. The summed E-state index contributed by atoms with van der Waals surface area (Å²) < 4.78 is 0. The topological polar surface area (TPSA) is 109 Å². The van der Waals surface area contributed by atoms with E-state index in [1.807, 2.05) is 30.5 Å². The Kier molecular flexibility index (Phi) is 8.99. The van der Waals surface area contributed by atoms with Crippen molar-refractivity contribution in [1.82, 2.24) is 5.32 Å². The molecule has 2 atom stereocenters. The number of hydrogen-bond acceptors (Lipinski definition) is 5. The molecule has 0 aliphatic carbocycles. The molecule has 1 aromatic heterocycles. The molecular formula is C27H30N2O4S. The van der Waals surface area contributed by atoms with Crippen LogP contribution in [0.25, 0.3) is 10.4 Å². The van der Waals surface area contributed by atoms with Crippen molar-refractivity contribution in [3.05, 3.63) is 77.2 Å². The number of carbonyl (C=O) groups is 3. The standard InChI is InChI=1S/C27H30N2O4S/c1-2-23(24(31)17-21(27(28)33)16-19-7-12-22(30)13-8-19)29-26(32)14-9-18-5-10-20(11-6-18)25-4-3-15-34-25/h3-8,10-13,15,21,23,30H,2,9,14,16-17H2,1H3,(H2,28,33)(H,29,32)/t21-,23+/m1/s1. The Morgan fingerprint density at radius 1 is 1.00 bits per heavy atom. The van der Waals surface area contributed by atoms with Gasteiger partial charge in [0, 0.05) is 23.6 Å². The first-order chi connectivity index (χ1) is 16.4. The van der Waals surface area contributed by atoms with Gasteiger partial charge in [0.25, 0.3) is 0 Å². The number of amides is 2. The summed E-state index contributed by atoms with van der Waals surface area (Å²) in [5.74, 6) is -1.52. The maximum Gasteiger partial charge on any atom is 0.221 e. The highest BCUT2D eigenvalue weighted by Crippen LogP contribution is 2.25. The number of aryl methyl sites for hydroxylation is 1. The lowest BCUT2D eigenvalue weighted by atomic mass is 9.91. The molecule has 34 heavy (non-hydrogen) atoms. The van der Waals surface area contributed by atoms with Crippen LogP contribution in [0.4, 0.5) is 0 Å². The molecule has 0 bridgehead atoms. The summed E-state index contributed by atoms with van der Waals surface area (Å²) in [5, 5.41) is 14.3. The number of phenols is 1. The van der Waals surface area contributed by atoms with Gasteiger partial charge in [0.1, 0.15) is 5.75 Å². The number of nitrogens with one attached hydrogen (secondary N) is 1. The van der Waals surface area contributed by atoms with Gasteiger partial charge in [-0.2, -0.15) is 0 Å². The molecule has 0 aliphatic heterocycles. The quantitative estimate of drug-likeness (QED) is 0.361. The number of carbonyl (C=O) groups excluding carboxylic acids is 3. The summed E-state index contributed by atoms with van der Waals surface area (Å²) in [6.07, 6.45) is 1.54. The van der Waals surface area contributed by atoms with E-state index in [2.05, 4.69) is 23.5 Å². The third-order valence-corrected chi connectivity index (χ3v) is 6.72. The van der Waals surface area contributed by atoms with Crippen LogP contribution in [0.3, 0.4) is 0 Å². The lowest BCUT2D eigenvalue weighted by Gasteiger charge is -2.19. The van der Waals surface area contributed by atoms with Crippen LogP contribution in [-0.4, -0.2) is 28.7 Å². The van der Waals surface area contributed by atoms with Crippen LogP contribution in [-0.2, 0) is 27.2 Å². The van der Waals surface area contributed by atoms with Crippen LogP contribution in [0.1, 0.15) is 37.3 Å². The van der Waals surface area contributed by atoms with E-state index in [1.165, 1.54) is 17.0 Å². The number of hydrogen-bond donors (Lipinski definition) is 3. The van der Waals surface area contributed by atoms with Gasteiger partial charge in [-0.15, -0.1) is 11.3 Å². The molecule has 1 heterocycles. The van der Waals surface area contributed by atoms with Gasteiger partial charge < -0.3 is 16.2 Å². The normalized spacial score (nSPS) is 12.6. The van der Waals surface area contributed by atoms with Crippen LogP contribution in [0, 0.1) is 5.92 Å². The van der Waals surface area contributed by atoms with Gasteiger partial charge in [0.15, 0.2) is 5.78 Å². The molecule has 3 aromatic rings. The second-order valence-electron chi connectivity index (χ2n) is 8.34. The first-order valence-electron chi connectivity index (χ1n) is 11.4. The zero-order valence-corrected chi connectivity index (χ0v) is 20.0. The van der Waals surface area contributed by atoms with Crippen molar-refractivity contribution in [1.29, 1.82) is 0 Å². The molecule has 0 spiro atoms. The van der Waals surface area contributed by atoms with Crippen LogP contribution in [0.15, 0.2) is 66.0 Å². The van der Waals surface area contributed by atoms with Gasteiger partial charge in [-0.1, -0.05) is 49.4 Å². The predicted molar refractivity (Wildman–Crippen MR) is 134 cm³/mol. The van der Waals surface area contributed by atoms with Crippen molar-refractivity contribution in [3.8, 4) is 16.2 Å². The molecule has 0 saturated heterocycles. The van der Waals surface area contributed by atoms with Crippen LogP contribution in [0.5, 0.6) is 5.75 Å². The number of Topliss-reactive ketones (excluding diaryl/α,β-unsaturated/α-hetero) is 1. The molecule has 4 N–H and O–H groups in total. The van der Waals surface area contributed by atoms with Crippen LogP contribution in [0.2, 0.25) is 0 Å². The minimum absolute atomic E-state index is 0.0425. The van der Waals surface area contributed by atoms with Crippen molar-refractivity contribution in [2.75, 3.05) is 0 Å². The number of rotatable bonds is 12. The number of thiophene rings is 1. The van der Waals surface area contributed by atoms with E-state index in [4.69, 9.17) is 5.73 Å². The van der Waals surface area contributed by atoms with Crippen LogP contribution < -0.4 is 11.1 Å². The first-order valence-corrected chi connectivity index (χ1v) is 12.3. The van der Waals surface area contributed by atoms with Gasteiger partial charge in [-0.25, -0.2) is 0 Å². The molecule has 0 unspecified atom stereocenters. The Labute approximate surface area is 203 Å². The fourth-order valence-electron chi connectivity index (χ4n) is 3.79. The maximum atomic E-state index is 12.8. The van der Waals surface area contributed by atoms with Gasteiger partial charge in [0.2, 0.25) is 11.8 Å². The average Bonchev–Trinajstić information content (AvgIpc) is 3.37. The average molecular weight is 479 g/mol. The highest BCUT2D eigenvalue weighted by molar-refractivity contribution is 7.13. The largest absolute Gasteiger partial charge is 0.508 e. The van der Waals surface area contributed by atoms with Crippen molar-refractivity contribution in [2.24, 2.45) is 11.7 Å². The maximum absolute atomic E-state index is 12.8. The zero-order valence-electron chi connectivity index (χ0n) is 19.2. The number of phenolic OH excluding ortho intramolecular Hbond substituents is 1. The molecule has 0 fully saturated rings. The van der Waals surface area contributed by atoms with E-state index >= 15 is 0 Å². The van der Waals surface area contributed by atoms with Crippen molar-refractivity contribution < 1.29 is 19.5 Å². The van der Waals surface area contributed by atoms with Gasteiger partial charge in [0.05, 0.1) is 6.04 Å². The third kappa shape index (κ3) is 7.28. The second kappa shape index (κ2) is 12.1. The highest BCUT2D eigenvalue weighted by Gasteiger charge is 2.25. The monoisotopic (exact) mass is 478 g/mol. The van der Waals surface area contributed by atoms with Gasteiger partial charge in [-0.3, -0.25) is 14.4 Å². The lowest BCUT2D eigenvalue weighted by Crippen LogP contribution is -2.42. The smallest absolute Gasteiger partial charge is 0.221 e. The number of aromatic hydroxyl groups is 1. The van der Waals surface area contributed by atoms with Crippen LogP contribution >= 0.6 is 11.3 Å². The Hall–Kier alpha value is -3.45. The summed E-state index contributed by atoms with van der Waals surface area (Å²) in [7, 11) is 0. The fraction of sp³-hybridized carbons (Fsp3) is 0.296. The van der Waals surface area contributed by atoms with E-state index in [0.717, 1.165) is 16.7 Å². The summed E-state index contributed by atoms with van der Waals surface area (Å²) in [6.45, 7) is 1.82. The summed E-state index contributed by atoms with van der Waals surface area (Å²) >= 11 is 1.68. The molecule has 2 aromatic carbocycles. The zero-order chi connectivity index (χ0) is 24.5. The van der Waals surface area contributed by atoms with Crippen molar-refractivity contribution in [2.45, 2.75) is 45.1 Å². The number of nitrogens with two attached hydrogens (primary N) is 1. The minimum atomic E-state index is -0.676. The van der Waals surface area contributed by atoms with E-state index in [9.17, 15) is 19.5 Å². The van der Waals surface area contributed by atoms with E-state index in [0.29, 0.717) is 19.3 Å². The molecule has 3 rings (SSSR count). The number of ketones is 1. The molecule has 0 aliphatic rings. The predicted octanol–water partition coefficient (Wildman–Crippen LogP) is 4.25. The Morgan fingerprint density at radius 3 is 2.26 bits per heavy atom. The van der Waals surface area contributed by atoms with Gasteiger partial charge >= 0.3 is 0 Å². The molecule has 178 valence electrons. The van der Waals surface area contributed by atoms with E-state index < -0.39 is 17.9 Å². The molecule has 0 radical (unpaired) electrons. The van der Waals surface area contributed by atoms with Crippen molar-refractivity contribution >= 4 is 28.9 Å². The lowest BCUT2D eigenvalue weighted by molar-refractivity contribution is -0.130. The molecule has 6 nitrogen and oxygen atoms in total.